The standard InChI is InChI=1S/C15H27N3/c1-13(2)11-16-12-15-7-9-17-18(15)10-8-14-5-3-4-6-14/h7,9,13-14,16H,3-6,8,10-12H2,1-2H3. The fraction of sp³-hybridized carbons (Fsp3) is 0.800. The van der Waals surface area contributed by atoms with Crippen LogP contribution in [0.1, 0.15) is 51.6 Å². The highest BCUT2D eigenvalue weighted by molar-refractivity contribution is 5.00. The lowest BCUT2D eigenvalue weighted by molar-refractivity contribution is 0.427. The van der Waals surface area contributed by atoms with Crippen molar-refractivity contribution in [2.75, 3.05) is 6.54 Å². The van der Waals surface area contributed by atoms with Gasteiger partial charge >= 0.3 is 0 Å². The summed E-state index contributed by atoms with van der Waals surface area (Å²) >= 11 is 0. The first-order valence-electron chi connectivity index (χ1n) is 7.47. The van der Waals surface area contributed by atoms with Crippen molar-refractivity contribution in [3.8, 4) is 0 Å². The van der Waals surface area contributed by atoms with Crippen LogP contribution in [-0.4, -0.2) is 16.3 Å². The predicted octanol–water partition coefficient (Wildman–Crippen LogP) is 3.21. The third-order valence-corrected chi connectivity index (χ3v) is 3.89. The van der Waals surface area contributed by atoms with Gasteiger partial charge in [-0.3, -0.25) is 4.68 Å². The summed E-state index contributed by atoms with van der Waals surface area (Å²) in [5, 5.41) is 7.95. The van der Waals surface area contributed by atoms with Gasteiger partial charge in [-0.2, -0.15) is 5.10 Å². The topological polar surface area (TPSA) is 29.9 Å². The average molecular weight is 249 g/mol. The van der Waals surface area contributed by atoms with Crippen molar-refractivity contribution in [3.05, 3.63) is 18.0 Å². The SMILES string of the molecule is CC(C)CNCc1ccnn1CCC1CCCC1. The number of nitrogens with one attached hydrogen (secondary N) is 1. The molecule has 3 nitrogen and oxygen atoms in total. The molecule has 1 aliphatic rings. The van der Waals surface area contributed by atoms with Crippen molar-refractivity contribution in [3.63, 3.8) is 0 Å². The third kappa shape index (κ3) is 4.13. The molecule has 1 aromatic rings. The minimum absolute atomic E-state index is 0.708. The second-order valence-corrected chi connectivity index (χ2v) is 6.01. The molecule has 0 radical (unpaired) electrons. The maximum absolute atomic E-state index is 4.45. The van der Waals surface area contributed by atoms with Gasteiger partial charge in [-0.15, -0.1) is 0 Å². The Bertz CT molecular complexity index is 337. The van der Waals surface area contributed by atoms with Crippen LogP contribution in [0.5, 0.6) is 0 Å². The lowest BCUT2D eigenvalue weighted by Gasteiger charge is -2.12. The molecule has 0 bridgehead atoms. The Balaban J connectivity index is 1.75. The van der Waals surface area contributed by atoms with Gasteiger partial charge in [0.25, 0.3) is 0 Å². The monoisotopic (exact) mass is 249 g/mol. The molecule has 1 heterocycles. The first kappa shape index (κ1) is 13.6. The van der Waals surface area contributed by atoms with Gasteiger partial charge < -0.3 is 5.32 Å². The summed E-state index contributed by atoms with van der Waals surface area (Å²) in [6, 6.07) is 2.14. The highest BCUT2D eigenvalue weighted by Gasteiger charge is 2.15. The summed E-state index contributed by atoms with van der Waals surface area (Å²) < 4.78 is 2.19. The van der Waals surface area contributed by atoms with Crippen LogP contribution >= 0.6 is 0 Å². The molecule has 102 valence electrons. The number of aryl methyl sites for hydroxylation is 1. The maximum atomic E-state index is 4.45. The van der Waals surface area contributed by atoms with E-state index in [9.17, 15) is 0 Å². The minimum Gasteiger partial charge on any atom is -0.311 e. The van der Waals surface area contributed by atoms with Crippen molar-refractivity contribution in [1.29, 1.82) is 0 Å². The van der Waals surface area contributed by atoms with Crippen LogP contribution in [0.4, 0.5) is 0 Å². The van der Waals surface area contributed by atoms with Crippen molar-refractivity contribution in [2.45, 2.75) is 59.0 Å². The zero-order valence-electron chi connectivity index (χ0n) is 11.9. The van der Waals surface area contributed by atoms with Crippen molar-refractivity contribution >= 4 is 0 Å². The van der Waals surface area contributed by atoms with Crippen molar-refractivity contribution in [2.24, 2.45) is 11.8 Å². The van der Waals surface area contributed by atoms with E-state index >= 15 is 0 Å². The maximum Gasteiger partial charge on any atom is 0.0522 e. The smallest absolute Gasteiger partial charge is 0.0522 e. The van der Waals surface area contributed by atoms with Gasteiger partial charge in [0, 0.05) is 19.3 Å². The van der Waals surface area contributed by atoms with Gasteiger partial charge in [-0.05, 0) is 30.9 Å². The summed E-state index contributed by atoms with van der Waals surface area (Å²) in [5.74, 6) is 1.66. The molecule has 0 amide bonds. The van der Waals surface area contributed by atoms with Crippen LogP contribution in [-0.2, 0) is 13.1 Å². The molecular formula is C15H27N3. The van der Waals surface area contributed by atoms with Crippen LogP contribution < -0.4 is 5.32 Å². The molecule has 1 saturated carbocycles. The van der Waals surface area contributed by atoms with Crippen LogP contribution in [0.15, 0.2) is 12.3 Å². The number of hydrogen-bond donors (Lipinski definition) is 1. The van der Waals surface area contributed by atoms with Crippen LogP contribution in [0.2, 0.25) is 0 Å². The Kier molecular flexibility index (Phi) is 5.24. The molecular weight excluding hydrogens is 222 g/mol. The van der Waals surface area contributed by atoms with Crippen molar-refractivity contribution in [1.82, 2.24) is 15.1 Å². The Morgan fingerprint density at radius 3 is 2.89 bits per heavy atom. The molecule has 2 rings (SSSR count). The number of aromatic nitrogens is 2. The zero-order valence-corrected chi connectivity index (χ0v) is 11.9. The first-order valence-corrected chi connectivity index (χ1v) is 7.47. The van der Waals surface area contributed by atoms with E-state index in [4.69, 9.17) is 0 Å². The molecule has 0 aromatic carbocycles. The zero-order chi connectivity index (χ0) is 12.8. The minimum atomic E-state index is 0.708. The Morgan fingerprint density at radius 1 is 1.39 bits per heavy atom. The summed E-state index contributed by atoms with van der Waals surface area (Å²) in [6.07, 6.45) is 8.98. The fourth-order valence-electron chi connectivity index (χ4n) is 2.80. The highest BCUT2D eigenvalue weighted by atomic mass is 15.3. The van der Waals surface area contributed by atoms with E-state index in [1.54, 1.807) is 0 Å². The molecule has 1 fully saturated rings. The van der Waals surface area contributed by atoms with Gasteiger partial charge in [0.05, 0.1) is 5.69 Å². The highest BCUT2D eigenvalue weighted by Crippen LogP contribution is 2.27. The van der Waals surface area contributed by atoms with E-state index < -0.39 is 0 Å². The number of rotatable bonds is 7. The summed E-state index contributed by atoms with van der Waals surface area (Å²) in [5.41, 5.74) is 1.33. The lowest BCUT2D eigenvalue weighted by atomic mass is 10.0. The largest absolute Gasteiger partial charge is 0.311 e. The summed E-state index contributed by atoms with van der Waals surface area (Å²) in [7, 11) is 0. The molecule has 0 unspecified atom stereocenters. The first-order chi connectivity index (χ1) is 8.75. The molecule has 0 saturated heterocycles. The lowest BCUT2D eigenvalue weighted by Crippen LogP contribution is -2.21. The van der Waals surface area contributed by atoms with E-state index in [2.05, 4.69) is 35.0 Å². The molecule has 18 heavy (non-hydrogen) atoms. The van der Waals surface area contributed by atoms with E-state index in [-0.39, 0.29) is 0 Å². The summed E-state index contributed by atoms with van der Waals surface area (Å²) in [4.78, 5) is 0. The van der Waals surface area contributed by atoms with E-state index in [1.807, 2.05) is 6.20 Å². The van der Waals surface area contributed by atoms with Gasteiger partial charge in [0.15, 0.2) is 0 Å². The Morgan fingerprint density at radius 2 is 2.17 bits per heavy atom. The predicted molar refractivity (Wildman–Crippen MR) is 75.3 cm³/mol. The van der Waals surface area contributed by atoms with E-state index in [0.29, 0.717) is 5.92 Å². The normalized spacial score (nSPS) is 16.8. The molecule has 0 aliphatic heterocycles. The quantitative estimate of drug-likeness (QED) is 0.804. The number of nitrogens with zero attached hydrogens (tertiary/aromatic N) is 2. The second-order valence-electron chi connectivity index (χ2n) is 6.01. The molecule has 1 aliphatic carbocycles. The summed E-state index contributed by atoms with van der Waals surface area (Å²) in [6.45, 7) is 7.60. The molecule has 0 spiro atoms. The van der Waals surface area contributed by atoms with Gasteiger partial charge in [-0.1, -0.05) is 39.5 Å². The van der Waals surface area contributed by atoms with Crippen LogP contribution in [0, 0.1) is 11.8 Å². The molecule has 0 atom stereocenters. The Labute approximate surface area is 111 Å². The fourth-order valence-corrected chi connectivity index (χ4v) is 2.80. The van der Waals surface area contributed by atoms with Crippen LogP contribution in [0.3, 0.4) is 0 Å². The molecule has 1 N–H and O–H groups in total. The molecule has 3 heteroatoms. The van der Waals surface area contributed by atoms with Crippen LogP contribution in [0.25, 0.3) is 0 Å². The third-order valence-electron chi connectivity index (χ3n) is 3.89. The van der Waals surface area contributed by atoms with Gasteiger partial charge in [0.1, 0.15) is 0 Å². The number of hydrogen-bond acceptors (Lipinski definition) is 2. The van der Waals surface area contributed by atoms with Gasteiger partial charge in [-0.25, -0.2) is 0 Å². The van der Waals surface area contributed by atoms with E-state index in [0.717, 1.165) is 25.6 Å². The Hall–Kier alpha value is -0.830. The van der Waals surface area contributed by atoms with Crippen molar-refractivity contribution < 1.29 is 0 Å². The second kappa shape index (κ2) is 6.93. The van der Waals surface area contributed by atoms with E-state index in [1.165, 1.54) is 37.8 Å². The molecule has 1 aromatic heterocycles. The van der Waals surface area contributed by atoms with Gasteiger partial charge in [0.2, 0.25) is 0 Å². The average Bonchev–Trinajstić information content (AvgIpc) is 2.96.